The van der Waals surface area contributed by atoms with Gasteiger partial charge in [0, 0.05) is 18.8 Å². The third kappa shape index (κ3) is 4.17. The zero-order chi connectivity index (χ0) is 18.9. The second-order valence-electron chi connectivity index (χ2n) is 6.90. The highest BCUT2D eigenvalue weighted by atomic mass is 32.2. The van der Waals surface area contributed by atoms with Gasteiger partial charge in [-0.25, -0.2) is 8.42 Å². The van der Waals surface area contributed by atoms with Gasteiger partial charge in [-0.3, -0.25) is 9.59 Å². The molecule has 7 nitrogen and oxygen atoms in total. The van der Waals surface area contributed by atoms with Crippen LogP contribution in [-0.4, -0.2) is 56.3 Å². The lowest BCUT2D eigenvalue weighted by Gasteiger charge is -2.23. The Morgan fingerprint density at radius 2 is 1.92 bits per heavy atom. The number of ether oxygens (including phenoxy) is 1. The van der Waals surface area contributed by atoms with Crippen molar-refractivity contribution in [3.8, 4) is 5.75 Å². The van der Waals surface area contributed by atoms with Gasteiger partial charge in [0.15, 0.2) is 9.84 Å². The normalized spacial score (nSPS) is 26.2. The van der Waals surface area contributed by atoms with Crippen LogP contribution in [0.2, 0.25) is 0 Å². The van der Waals surface area contributed by atoms with E-state index < -0.39 is 9.84 Å². The molecule has 2 amide bonds. The average molecular weight is 380 g/mol. The van der Waals surface area contributed by atoms with Gasteiger partial charge in [-0.05, 0) is 44.0 Å². The van der Waals surface area contributed by atoms with Crippen LogP contribution in [0.1, 0.15) is 19.8 Å². The van der Waals surface area contributed by atoms with Crippen molar-refractivity contribution in [2.45, 2.75) is 25.8 Å². The molecule has 142 valence electrons. The molecule has 26 heavy (non-hydrogen) atoms. The van der Waals surface area contributed by atoms with Crippen molar-refractivity contribution in [3.63, 3.8) is 0 Å². The van der Waals surface area contributed by atoms with Gasteiger partial charge in [-0.15, -0.1) is 0 Å². The van der Waals surface area contributed by atoms with Gasteiger partial charge in [-0.1, -0.05) is 0 Å². The highest BCUT2D eigenvalue weighted by Crippen LogP contribution is 2.41. The number of nitrogens with zero attached hydrogens (tertiary/aromatic N) is 1. The largest absolute Gasteiger partial charge is 0.494 e. The monoisotopic (exact) mass is 380 g/mol. The van der Waals surface area contributed by atoms with E-state index in [1.54, 1.807) is 31.3 Å². The summed E-state index contributed by atoms with van der Waals surface area (Å²) < 4.78 is 28.5. The minimum Gasteiger partial charge on any atom is -0.494 e. The van der Waals surface area contributed by atoms with Crippen molar-refractivity contribution in [3.05, 3.63) is 24.3 Å². The molecule has 2 fully saturated rings. The fourth-order valence-electron chi connectivity index (χ4n) is 3.32. The molecule has 1 aliphatic heterocycles. The predicted octanol–water partition coefficient (Wildman–Crippen LogP) is 1.31. The Kier molecular flexibility index (Phi) is 5.22. The number of hydrogen-bond acceptors (Lipinski definition) is 5. The van der Waals surface area contributed by atoms with Crippen molar-refractivity contribution in [1.82, 2.24) is 4.90 Å². The SMILES string of the molecule is CCOc1ccc(NC(=O)C2CC2C(=O)N(C)C2CCS(=O)(=O)C2)cc1. The zero-order valence-corrected chi connectivity index (χ0v) is 15.8. The molecular weight excluding hydrogens is 356 g/mol. The fraction of sp³-hybridized carbons (Fsp3) is 0.556. The summed E-state index contributed by atoms with van der Waals surface area (Å²) in [6.07, 6.45) is 0.978. The number of carbonyl (C=O) groups excluding carboxylic acids is 2. The Labute approximate surface area is 153 Å². The van der Waals surface area contributed by atoms with E-state index in [2.05, 4.69) is 5.32 Å². The molecule has 0 spiro atoms. The Morgan fingerprint density at radius 3 is 2.50 bits per heavy atom. The lowest BCUT2D eigenvalue weighted by atomic mass is 10.2. The summed E-state index contributed by atoms with van der Waals surface area (Å²) in [7, 11) is -1.41. The van der Waals surface area contributed by atoms with E-state index in [4.69, 9.17) is 4.74 Å². The first-order valence-corrected chi connectivity index (χ1v) is 10.6. The molecule has 1 aromatic rings. The van der Waals surface area contributed by atoms with Gasteiger partial charge in [0.1, 0.15) is 5.75 Å². The smallest absolute Gasteiger partial charge is 0.228 e. The van der Waals surface area contributed by atoms with Crippen molar-refractivity contribution in [2.24, 2.45) is 11.8 Å². The number of hydrogen-bond donors (Lipinski definition) is 1. The molecule has 0 aromatic heterocycles. The molecule has 1 heterocycles. The highest BCUT2D eigenvalue weighted by Gasteiger charge is 2.50. The van der Waals surface area contributed by atoms with Crippen LogP contribution < -0.4 is 10.1 Å². The summed E-state index contributed by atoms with van der Waals surface area (Å²) in [4.78, 5) is 26.4. The van der Waals surface area contributed by atoms with Gasteiger partial charge in [0.2, 0.25) is 11.8 Å². The molecule has 1 N–H and O–H groups in total. The summed E-state index contributed by atoms with van der Waals surface area (Å²) in [5.41, 5.74) is 0.659. The molecular formula is C18H24N2O5S. The summed E-state index contributed by atoms with van der Waals surface area (Å²) in [5.74, 6) is -0.148. The summed E-state index contributed by atoms with van der Waals surface area (Å²) in [5, 5.41) is 2.82. The number of rotatable bonds is 6. The highest BCUT2D eigenvalue weighted by molar-refractivity contribution is 7.91. The predicted molar refractivity (Wildman–Crippen MR) is 97.7 cm³/mol. The molecule has 3 atom stereocenters. The van der Waals surface area contributed by atoms with Gasteiger partial charge in [0.05, 0.1) is 29.9 Å². The third-order valence-corrected chi connectivity index (χ3v) is 6.73. The maximum atomic E-state index is 12.5. The number of benzene rings is 1. The Morgan fingerprint density at radius 1 is 1.23 bits per heavy atom. The molecule has 2 aliphatic rings. The van der Waals surface area contributed by atoms with Crippen LogP contribution >= 0.6 is 0 Å². The van der Waals surface area contributed by atoms with Crippen LogP contribution in [0.15, 0.2) is 24.3 Å². The van der Waals surface area contributed by atoms with Gasteiger partial charge in [0.25, 0.3) is 0 Å². The first kappa shape index (κ1) is 18.7. The van der Waals surface area contributed by atoms with E-state index in [1.807, 2.05) is 6.92 Å². The molecule has 3 rings (SSSR count). The van der Waals surface area contributed by atoms with E-state index in [0.717, 1.165) is 5.75 Å². The molecule has 1 saturated carbocycles. The number of amides is 2. The van der Waals surface area contributed by atoms with E-state index in [9.17, 15) is 18.0 Å². The summed E-state index contributed by atoms with van der Waals surface area (Å²) >= 11 is 0. The van der Waals surface area contributed by atoms with Crippen LogP contribution in [0.25, 0.3) is 0 Å². The lowest BCUT2D eigenvalue weighted by Crippen LogP contribution is -2.39. The molecule has 8 heteroatoms. The summed E-state index contributed by atoms with van der Waals surface area (Å²) in [6, 6.07) is 6.81. The second kappa shape index (κ2) is 7.26. The first-order chi connectivity index (χ1) is 12.3. The van der Waals surface area contributed by atoms with Gasteiger partial charge >= 0.3 is 0 Å². The Hall–Kier alpha value is -2.09. The maximum absolute atomic E-state index is 12.5. The van der Waals surface area contributed by atoms with Crippen molar-refractivity contribution in [1.29, 1.82) is 0 Å². The number of anilines is 1. The molecule has 0 radical (unpaired) electrons. The van der Waals surface area contributed by atoms with E-state index >= 15 is 0 Å². The van der Waals surface area contributed by atoms with Crippen LogP contribution in [0.3, 0.4) is 0 Å². The Bertz CT molecular complexity index is 790. The van der Waals surface area contributed by atoms with Crippen LogP contribution in [0, 0.1) is 11.8 Å². The second-order valence-corrected chi connectivity index (χ2v) is 9.13. The number of nitrogens with one attached hydrogen (secondary N) is 1. The molecule has 1 aliphatic carbocycles. The quantitative estimate of drug-likeness (QED) is 0.803. The van der Waals surface area contributed by atoms with Crippen LogP contribution in [0.4, 0.5) is 5.69 Å². The molecule has 3 unspecified atom stereocenters. The number of sulfone groups is 1. The van der Waals surface area contributed by atoms with Crippen LogP contribution in [0.5, 0.6) is 5.75 Å². The van der Waals surface area contributed by atoms with Crippen LogP contribution in [-0.2, 0) is 19.4 Å². The van der Waals surface area contributed by atoms with Crippen molar-refractivity contribution < 1.29 is 22.7 Å². The molecule has 0 bridgehead atoms. The third-order valence-electron chi connectivity index (χ3n) is 4.98. The average Bonchev–Trinajstić information content (AvgIpc) is 3.32. The summed E-state index contributed by atoms with van der Waals surface area (Å²) in [6.45, 7) is 2.48. The van der Waals surface area contributed by atoms with Crippen molar-refractivity contribution in [2.75, 3.05) is 30.5 Å². The topological polar surface area (TPSA) is 92.8 Å². The van der Waals surface area contributed by atoms with E-state index in [0.29, 0.717) is 25.1 Å². The maximum Gasteiger partial charge on any atom is 0.228 e. The van der Waals surface area contributed by atoms with Crippen molar-refractivity contribution >= 4 is 27.3 Å². The van der Waals surface area contributed by atoms with Gasteiger partial charge in [-0.2, -0.15) is 0 Å². The lowest BCUT2D eigenvalue weighted by molar-refractivity contribution is -0.134. The van der Waals surface area contributed by atoms with Gasteiger partial charge < -0.3 is 15.0 Å². The minimum absolute atomic E-state index is 0.0189. The molecule has 1 aromatic carbocycles. The standard InChI is InChI=1S/C18H24N2O5S/c1-3-25-14-6-4-12(5-7-14)19-17(21)15-10-16(15)18(22)20(2)13-8-9-26(23,24)11-13/h4-7,13,15-16H,3,8-11H2,1-2H3,(H,19,21). The van der Waals surface area contributed by atoms with E-state index in [1.165, 1.54) is 4.90 Å². The first-order valence-electron chi connectivity index (χ1n) is 8.81. The zero-order valence-electron chi connectivity index (χ0n) is 15.0. The number of carbonyl (C=O) groups is 2. The minimum atomic E-state index is -3.04. The van der Waals surface area contributed by atoms with E-state index in [-0.39, 0.29) is 41.2 Å². The fourth-order valence-corrected chi connectivity index (χ4v) is 5.09. The Balaban J connectivity index is 1.52. The molecule has 1 saturated heterocycles.